The van der Waals surface area contributed by atoms with Crippen molar-refractivity contribution >= 4 is 40.1 Å². The number of carbonyl (C=O) groups is 2. The number of anilines is 1. The number of methoxy groups -OCH3 is 1. The number of nitrogens with one attached hydrogen (secondary N) is 1. The van der Waals surface area contributed by atoms with Crippen molar-refractivity contribution < 1.29 is 23.5 Å². The molecule has 1 heterocycles. The molecule has 0 fully saturated rings. The van der Waals surface area contributed by atoms with Crippen molar-refractivity contribution in [3.8, 4) is 0 Å². The van der Waals surface area contributed by atoms with Crippen molar-refractivity contribution in [1.82, 2.24) is 0 Å². The van der Waals surface area contributed by atoms with Crippen LogP contribution in [0.1, 0.15) is 23.0 Å². The minimum absolute atomic E-state index is 0.0317. The number of benzene rings is 2. The Morgan fingerprint density at radius 3 is 2.56 bits per heavy atom. The Morgan fingerprint density at radius 2 is 1.85 bits per heavy atom. The quantitative estimate of drug-likeness (QED) is 0.633. The van der Waals surface area contributed by atoms with Gasteiger partial charge in [-0.15, -0.1) is 0 Å². The first-order valence-electron chi connectivity index (χ1n) is 8.26. The van der Waals surface area contributed by atoms with Crippen LogP contribution in [-0.4, -0.2) is 25.1 Å². The summed E-state index contributed by atoms with van der Waals surface area (Å²) >= 11 is 5.82. The number of esters is 1. The van der Waals surface area contributed by atoms with E-state index in [2.05, 4.69) is 5.32 Å². The number of amides is 1. The summed E-state index contributed by atoms with van der Waals surface area (Å²) in [6.07, 6.45) is -1.02. The molecule has 1 aromatic heterocycles. The Bertz CT molecular complexity index is 964. The third-order valence-electron chi connectivity index (χ3n) is 3.94. The van der Waals surface area contributed by atoms with E-state index in [4.69, 9.17) is 25.5 Å². The third-order valence-corrected chi connectivity index (χ3v) is 4.19. The number of fused-ring (bicyclic) bond motifs is 1. The third kappa shape index (κ3) is 4.30. The van der Waals surface area contributed by atoms with Gasteiger partial charge in [0.15, 0.2) is 6.10 Å². The molecule has 3 rings (SSSR count). The van der Waals surface area contributed by atoms with Gasteiger partial charge in [0.25, 0.3) is 5.91 Å². The van der Waals surface area contributed by atoms with Crippen molar-refractivity contribution in [1.29, 1.82) is 0 Å². The molecule has 0 aliphatic rings. The summed E-state index contributed by atoms with van der Waals surface area (Å²) in [6, 6.07) is 13.9. The first-order chi connectivity index (χ1) is 13.0. The van der Waals surface area contributed by atoms with Gasteiger partial charge < -0.3 is 19.2 Å². The molecule has 0 aliphatic carbocycles. The van der Waals surface area contributed by atoms with Gasteiger partial charge in [-0.05, 0) is 37.3 Å². The van der Waals surface area contributed by atoms with E-state index in [0.717, 1.165) is 5.39 Å². The van der Waals surface area contributed by atoms with Gasteiger partial charge in [0.05, 0.1) is 6.61 Å². The lowest BCUT2D eigenvalue weighted by atomic mass is 10.1. The molecule has 0 unspecified atom stereocenters. The van der Waals surface area contributed by atoms with Crippen molar-refractivity contribution in [3.63, 3.8) is 0 Å². The summed E-state index contributed by atoms with van der Waals surface area (Å²) in [4.78, 5) is 24.8. The molecule has 7 heteroatoms. The SMILES string of the molecule is COCc1c(C(=O)O[C@@H](C)C(=O)Nc2ccc(Cl)cc2)oc2ccccc12. The standard InChI is InChI=1S/C20H18ClNO5/c1-12(19(23)22-14-9-7-13(21)8-10-14)26-20(24)18-16(11-25-2)15-5-3-4-6-17(15)27-18/h3-10,12H,11H2,1-2H3,(H,22,23)/t12-/m0/s1. The largest absolute Gasteiger partial charge is 0.449 e. The summed E-state index contributed by atoms with van der Waals surface area (Å²) in [5.41, 5.74) is 1.69. The van der Waals surface area contributed by atoms with Crippen molar-refractivity contribution in [2.75, 3.05) is 12.4 Å². The average molecular weight is 388 g/mol. The number of hydrogen-bond acceptors (Lipinski definition) is 5. The van der Waals surface area contributed by atoms with Crippen LogP contribution in [0, 0.1) is 0 Å². The van der Waals surface area contributed by atoms with E-state index >= 15 is 0 Å². The Kier molecular flexibility index (Phi) is 5.78. The highest BCUT2D eigenvalue weighted by molar-refractivity contribution is 6.30. The van der Waals surface area contributed by atoms with Crippen LogP contribution in [0.4, 0.5) is 5.69 Å². The molecule has 1 atom stereocenters. The molecule has 0 bridgehead atoms. The lowest BCUT2D eigenvalue weighted by Crippen LogP contribution is -2.30. The number of hydrogen-bond donors (Lipinski definition) is 1. The zero-order valence-corrected chi connectivity index (χ0v) is 15.6. The van der Waals surface area contributed by atoms with Gasteiger partial charge in [0, 0.05) is 28.8 Å². The van der Waals surface area contributed by atoms with E-state index in [1.165, 1.54) is 14.0 Å². The highest BCUT2D eigenvalue weighted by Gasteiger charge is 2.25. The summed E-state index contributed by atoms with van der Waals surface area (Å²) in [7, 11) is 1.53. The topological polar surface area (TPSA) is 77.8 Å². The van der Waals surface area contributed by atoms with Crippen LogP contribution in [0.3, 0.4) is 0 Å². The fourth-order valence-electron chi connectivity index (χ4n) is 2.60. The molecular weight excluding hydrogens is 370 g/mol. The predicted octanol–water partition coefficient (Wildman–Crippen LogP) is 4.42. The summed E-state index contributed by atoms with van der Waals surface area (Å²) < 4.78 is 16.1. The summed E-state index contributed by atoms with van der Waals surface area (Å²) in [5.74, 6) is -1.16. The average Bonchev–Trinajstić information content (AvgIpc) is 3.03. The smallest absolute Gasteiger partial charge is 0.375 e. The summed E-state index contributed by atoms with van der Waals surface area (Å²) in [6.45, 7) is 1.68. The highest BCUT2D eigenvalue weighted by atomic mass is 35.5. The van der Waals surface area contributed by atoms with Crippen LogP contribution < -0.4 is 5.32 Å². The number of ether oxygens (including phenoxy) is 2. The van der Waals surface area contributed by atoms with Crippen LogP contribution in [-0.2, 0) is 20.9 Å². The van der Waals surface area contributed by atoms with Gasteiger partial charge >= 0.3 is 5.97 Å². The zero-order valence-electron chi connectivity index (χ0n) is 14.8. The fourth-order valence-corrected chi connectivity index (χ4v) is 2.72. The Hall–Kier alpha value is -2.83. The molecule has 3 aromatic rings. The fraction of sp³-hybridized carbons (Fsp3) is 0.200. The lowest BCUT2D eigenvalue weighted by Gasteiger charge is -2.13. The van der Waals surface area contributed by atoms with E-state index < -0.39 is 18.0 Å². The molecule has 6 nitrogen and oxygen atoms in total. The van der Waals surface area contributed by atoms with Crippen LogP contribution in [0.2, 0.25) is 5.02 Å². The second-order valence-corrected chi connectivity index (χ2v) is 6.32. The number of para-hydroxylation sites is 1. The normalized spacial score (nSPS) is 12.0. The van der Waals surface area contributed by atoms with E-state index in [1.54, 1.807) is 36.4 Å². The second-order valence-electron chi connectivity index (χ2n) is 5.88. The van der Waals surface area contributed by atoms with E-state index in [9.17, 15) is 9.59 Å². The van der Waals surface area contributed by atoms with Crippen LogP contribution in [0.25, 0.3) is 11.0 Å². The van der Waals surface area contributed by atoms with Gasteiger partial charge in [-0.3, -0.25) is 4.79 Å². The number of halogens is 1. The predicted molar refractivity (Wildman–Crippen MR) is 102 cm³/mol. The monoisotopic (exact) mass is 387 g/mol. The molecule has 0 aliphatic heterocycles. The summed E-state index contributed by atoms with van der Waals surface area (Å²) in [5, 5.41) is 3.99. The van der Waals surface area contributed by atoms with Gasteiger partial charge in [0.1, 0.15) is 5.58 Å². The van der Waals surface area contributed by atoms with E-state index in [1.807, 2.05) is 12.1 Å². The number of rotatable bonds is 6. The second kappa shape index (κ2) is 8.24. The molecular formula is C20H18ClNO5. The van der Waals surface area contributed by atoms with Gasteiger partial charge in [0.2, 0.25) is 5.76 Å². The molecule has 1 N–H and O–H groups in total. The molecule has 27 heavy (non-hydrogen) atoms. The maximum atomic E-state index is 12.6. The Balaban J connectivity index is 1.74. The Labute approximate surface area is 161 Å². The lowest BCUT2D eigenvalue weighted by molar-refractivity contribution is -0.123. The molecule has 0 spiro atoms. The van der Waals surface area contributed by atoms with Crippen molar-refractivity contribution in [2.45, 2.75) is 19.6 Å². The maximum Gasteiger partial charge on any atom is 0.375 e. The minimum atomic E-state index is -1.02. The molecule has 1 amide bonds. The van der Waals surface area contributed by atoms with E-state index in [0.29, 0.717) is 21.9 Å². The Morgan fingerprint density at radius 1 is 1.15 bits per heavy atom. The van der Waals surface area contributed by atoms with Crippen LogP contribution in [0.15, 0.2) is 52.9 Å². The van der Waals surface area contributed by atoms with E-state index in [-0.39, 0.29) is 12.4 Å². The molecule has 2 aromatic carbocycles. The minimum Gasteiger partial charge on any atom is -0.449 e. The molecule has 140 valence electrons. The number of furan rings is 1. The molecule has 0 saturated heterocycles. The number of carbonyl (C=O) groups excluding carboxylic acids is 2. The van der Waals surface area contributed by atoms with Crippen molar-refractivity contribution in [3.05, 3.63) is 64.9 Å². The van der Waals surface area contributed by atoms with Crippen LogP contribution >= 0.6 is 11.6 Å². The zero-order chi connectivity index (χ0) is 19.4. The highest BCUT2D eigenvalue weighted by Crippen LogP contribution is 2.27. The van der Waals surface area contributed by atoms with Gasteiger partial charge in [-0.1, -0.05) is 29.8 Å². The van der Waals surface area contributed by atoms with Gasteiger partial charge in [-0.2, -0.15) is 0 Å². The molecule has 0 radical (unpaired) electrons. The van der Waals surface area contributed by atoms with Crippen molar-refractivity contribution in [2.24, 2.45) is 0 Å². The first kappa shape index (κ1) is 18.9. The van der Waals surface area contributed by atoms with Gasteiger partial charge in [-0.25, -0.2) is 4.79 Å². The van der Waals surface area contributed by atoms with Crippen LogP contribution in [0.5, 0.6) is 0 Å². The maximum absolute atomic E-state index is 12.6. The molecule has 0 saturated carbocycles. The first-order valence-corrected chi connectivity index (χ1v) is 8.64.